The fraction of sp³-hybridized carbons (Fsp3) is 0.167. The van der Waals surface area contributed by atoms with Crippen molar-refractivity contribution in [1.29, 1.82) is 0 Å². The van der Waals surface area contributed by atoms with Crippen LogP contribution in [-0.2, 0) is 4.74 Å². The third-order valence-electron chi connectivity index (χ3n) is 2.34. The van der Waals surface area contributed by atoms with Crippen LogP contribution in [-0.4, -0.2) is 25.4 Å². The first-order chi connectivity index (χ1) is 8.67. The maximum Gasteiger partial charge on any atom is 0.515 e. The molecule has 0 N–H and O–H groups in total. The average Bonchev–Trinajstić information content (AvgIpc) is 2.39. The molecule has 1 aromatic heterocycles. The van der Waals surface area contributed by atoms with E-state index in [-0.39, 0.29) is 11.0 Å². The number of hydrogen-bond acceptors (Lipinski definition) is 5. The Morgan fingerprint density at radius 3 is 2.50 bits per heavy atom. The molecule has 0 saturated carbocycles. The molecule has 2 aromatic rings. The highest BCUT2D eigenvalue weighted by Gasteiger charge is 2.17. The number of methoxy groups -OCH3 is 2. The molecule has 0 saturated heterocycles. The van der Waals surface area contributed by atoms with Gasteiger partial charge in [-0.3, -0.25) is 0 Å². The van der Waals surface area contributed by atoms with E-state index >= 15 is 0 Å². The number of hydrogen-bond donors (Lipinski definition) is 0. The standard InChI is InChI=1S/C12H10ClNO4/c1-16-9-7-5-3-4-6-8(7)10(13)14-11(9)18-12(15)17-2/h3-6H,1-2H3. The molecule has 0 bridgehead atoms. The molecule has 5 nitrogen and oxygen atoms in total. The fourth-order valence-corrected chi connectivity index (χ4v) is 1.80. The maximum absolute atomic E-state index is 11.1. The lowest BCUT2D eigenvalue weighted by atomic mass is 10.1. The minimum atomic E-state index is -0.882. The van der Waals surface area contributed by atoms with Crippen LogP contribution >= 0.6 is 11.6 Å². The molecule has 0 aliphatic heterocycles. The van der Waals surface area contributed by atoms with E-state index in [9.17, 15) is 4.79 Å². The van der Waals surface area contributed by atoms with E-state index < -0.39 is 6.16 Å². The number of fused-ring (bicyclic) bond motifs is 1. The quantitative estimate of drug-likeness (QED) is 0.618. The number of ether oxygens (including phenoxy) is 3. The summed E-state index contributed by atoms with van der Waals surface area (Å²) in [6.45, 7) is 0. The topological polar surface area (TPSA) is 57.7 Å². The molecule has 0 spiro atoms. The van der Waals surface area contributed by atoms with Crippen LogP contribution in [0.5, 0.6) is 11.6 Å². The van der Waals surface area contributed by atoms with Crippen LogP contribution < -0.4 is 9.47 Å². The molecule has 94 valence electrons. The Labute approximate surface area is 108 Å². The Morgan fingerprint density at radius 1 is 1.22 bits per heavy atom. The van der Waals surface area contributed by atoms with Crippen LogP contribution in [0.4, 0.5) is 4.79 Å². The molecule has 0 radical (unpaired) electrons. The van der Waals surface area contributed by atoms with Crippen LogP contribution in [0.15, 0.2) is 24.3 Å². The summed E-state index contributed by atoms with van der Waals surface area (Å²) in [7, 11) is 2.67. The maximum atomic E-state index is 11.1. The van der Waals surface area contributed by atoms with Crippen LogP contribution in [0.1, 0.15) is 0 Å². The van der Waals surface area contributed by atoms with Crippen LogP contribution in [0.3, 0.4) is 0 Å². The van der Waals surface area contributed by atoms with Gasteiger partial charge < -0.3 is 14.2 Å². The van der Waals surface area contributed by atoms with E-state index in [4.69, 9.17) is 21.1 Å². The van der Waals surface area contributed by atoms with Gasteiger partial charge in [0.1, 0.15) is 5.15 Å². The van der Waals surface area contributed by atoms with Crippen molar-refractivity contribution in [3.05, 3.63) is 29.4 Å². The van der Waals surface area contributed by atoms with Gasteiger partial charge in [0, 0.05) is 10.8 Å². The molecule has 0 aliphatic carbocycles. The zero-order chi connectivity index (χ0) is 13.1. The zero-order valence-corrected chi connectivity index (χ0v) is 10.5. The number of carbonyl (C=O) groups is 1. The average molecular weight is 268 g/mol. The number of nitrogens with zero attached hydrogens (tertiary/aromatic N) is 1. The van der Waals surface area contributed by atoms with Crippen molar-refractivity contribution in [1.82, 2.24) is 4.98 Å². The van der Waals surface area contributed by atoms with Crippen molar-refractivity contribution in [3.63, 3.8) is 0 Å². The first-order valence-electron chi connectivity index (χ1n) is 5.05. The number of aromatic nitrogens is 1. The van der Waals surface area contributed by atoms with Crippen molar-refractivity contribution in [2.45, 2.75) is 0 Å². The summed E-state index contributed by atoms with van der Waals surface area (Å²) >= 11 is 6.02. The lowest BCUT2D eigenvalue weighted by Gasteiger charge is -2.11. The molecule has 1 heterocycles. The van der Waals surface area contributed by atoms with Crippen molar-refractivity contribution >= 4 is 28.5 Å². The number of benzene rings is 1. The smallest absolute Gasteiger partial charge is 0.491 e. The van der Waals surface area contributed by atoms with Crippen molar-refractivity contribution in [3.8, 4) is 11.6 Å². The molecule has 0 amide bonds. The lowest BCUT2D eigenvalue weighted by Crippen LogP contribution is -2.09. The minimum absolute atomic E-state index is 0.0203. The van der Waals surface area contributed by atoms with E-state index in [1.54, 1.807) is 12.1 Å². The van der Waals surface area contributed by atoms with Crippen molar-refractivity contribution in [2.24, 2.45) is 0 Å². The molecule has 0 atom stereocenters. The second-order valence-electron chi connectivity index (χ2n) is 3.34. The Kier molecular flexibility index (Phi) is 3.53. The molecule has 0 fully saturated rings. The SMILES string of the molecule is COC(=O)Oc1nc(Cl)c2ccccc2c1OC. The highest BCUT2D eigenvalue weighted by molar-refractivity contribution is 6.34. The van der Waals surface area contributed by atoms with Crippen molar-refractivity contribution in [2.75, 3.05) is 14.2 Å². The van der Waals surface area contributed by atoms with Gasteiger partial charge in [0.15, 0.2) is 5.75 Å². The van der Waals surface area contributed by atoms with Gasteiger partial charge in [0.2, 0.25) is 0 Å². The van der Waals surface area contributed by atoms with Crippen LogP contribution in [0.25, 0.3) is 10.8 Å². The summed E-state index contributed by atoms with van der Waals surface area (Å²) in [6, 6.07) is 7.25. The predicted octanol–water partition coefficient (Wildman–Crippen LogP) is 3.04. The molecular weight excluding hydrogens is 258 g/mol. The van der Waals surface area contributed by atoms with Crippen LogP contribution in [0, 0.1) is 0 Å². The number of rotatable bonds is 2. The molecule has 6 heteroatoms. The summed E-state index contributed by atoms with van der Waals surface area (Å²) in [4.78, 5) is 15.1. The van der Waals surface area contributed by atoms with E-state index in [1.807, 2.05) is 12.1 Å². The monoisotopic (exact) mass is 267 g/mol. The molecule has 18 heavy (non-hydrogen) atoms. The Bertz CT molecular complexity index is 600. The van der Waals surface area contributed by atoms with Gasteiger partial charge in [-0.15, -0.1) is 0 Å². The minimum Gasteiger partial charge on any atom is -0.491 e. The largest absolute Gasteiger partial charge is 0.515 e. The summed E-state index contributed by atoms with van der Waals surface area (Å²) in [6.07, 6.45) is -0.882. The normalized spacial score (nSPS) is 10.2. The number of pyridine rings is 1. The van der Waals surface area contributed by atoms with Crippen molar-refractivity contribution < 1.29 is 19.0 Å². The van der Waals surface area contributed by atoms with Gasteiger partial charge in [0.25, 0.3) is 5.88 Å². The van der Waals surface area contributed by atoms with Gasteiger partial charge in [-0.2, -0.15) is 4.98 Å². The van der Waals surface area contributed by atoms with E-state index in [0.717, 1.165) is 0 Å². The molecule has 0 aliphatic rings. The molecule has 0 unspecified atom stereocenters. The first-order valence-corrected chi connectivity index (χ1v) is 5.43. The van der Waals surface area contributed by atoms with Crippen LogP contribution in [0.2, 0.25) is 5.15 Å². The van der Waals surface area contributed by atoms with Gasteiger partial charge in [-0.05, 0) is 0 Å². The molecule has 1 aromatic carbocycles. The van der Waals surface area contributed by atoms with Gasteiger partial charge in [0.05, 0.1) is 14.2 Å². The summed E-state index contributed by atoms with van der Waals surface area (Å²) in [5.74, 6) is 0.313. The fourth-order valence-electron chi connectivity index (χ4n) is 1.56. The second kappa shape index (κ2) is 5.10. The second-order valence-corrected chi connectivity index (χ2v) is 3.70. The Hall–Kier alpha value is -2.01. The lowest BCUT2D eigenvalue weighted by molar-refractivity contribution is 0.118. The Balaban J connectivity index is 2.63. The number of carbonyl (C=O) groups excluding carboxylic acids is 1. The van der Waals surface area contributed by atoms with E-state index in [2.05, 4.69) is 9.72 Å². The van der Waals surface area contributed by atoms with Gasteiger partial charge in [-0.25, -0.2) is 4.79 Å². The summed E-state index contributed by atoms with van der Waals surface area (Å²) < 4.78 is 14.5. The van der Waals surface area contributed by atoms with E-state index in [1.165, 1.54) is 14.2 Å². The summed E-state index contributed by atoms with van der Waals surface area (Å²) in [5.41, 5.74) is 0. The van der Waals surface area contributed by atoms with Gasteiger partial charge in [-0.1, -0.05) is 35.9 Å². The molecule has 2 rings (SSSR count). The Morgan fingerprint density at radius 2 is 1.89 bits per heavy atom. The number of halogens is 1. The highest BCUT2D eigenvalue weighted by Crippen LogP contribution is 2.37. The predicted molar refractivity (Wildman–Crippen MR) is 66.3 cm³/mol. The zero-order valence-electron chi connectivity index (χ0n) is 9.77. The van der Waals surface area contributed by atoms with E-state index in [0.29, 0.717) is 16.5 Å². The highest BCUT2D eigenvalue weighted by atomic mass is 35.5. The summed E-state index contributed by atoms with van der Waals surface area (Å²) in [5, 5.41) is 1.65. The third-order valence-corrected chi connectivity index (χ3v) is 2.63. The third kappa shape index (κ3) is 2.17. The first kappa shape index (κ1) is 12.4. The molecular formula is C12H10ClNO4. The van der Waals surface area contributed by atoms with Gasteiger partial charge >= 0.3 is 6.16 Å².